The predicted molar refractivity (Wildman–Crippen MR) is 133 cm³/mol. The van der Waals surface area contributed by atoms with Crippen molar-refractivity contribution < 1.29 is 52.5 Å². The normalized spacial score (nSPS) is 26.0. The molecule has 1 aliphatic heterocycles. The maximum absolute atomic E-state index is 13.3. The van der Waals surface area contributed by atoms with E-state index in [2.05, 4.69) is 0 Å². The van der Waals surface area contributed by atoms with Crippen LogP contribution in [0.2, 0.25) is 0 Å². The second-order valence-electron chi connectivity index (χ2n) is 10.8. The van der Waals surface area contributed by atoms with Crippen LogP contribution in [0.4, 0.5) is 0 Å². The number of nitrogens with one attached hydrogen (secondary N) is 1. The number of H-pyrrole nitrogens is 1. The van der Waals surface area contributed by atoms with Crippen LogP contribution < -0.4 is 11.2 Å². The molecule has 1 fully saturated rings. The van der Waals surface area contributed by atoms with Crippen LogP contribution in [0.15, 0.2) is 21.9 Å². The molecule has 1 aromatic heterocycles. The summed E-state index contributed by atoms with van der Waals surface area (Å²) >= 11 is 0. The third-order valence-electron chi connectivity index (χ3n) is 5.41. The van der Waals surface area contributed by atoms with Gasteiger partial charge in [0.25, 0.3) is 5.56 Å². The third-order valence-corrected chi connectivity index (χ3v) is 6.71. The average molecular weight is 579 g/mol. The van der Waals surface area contributed by atoms with E-state index in [0.29, 0.717) is 0 Å². The van der Waals surface area contributed by atoms with E-state index in [1.165, 1.54) is 0 Å². The molecule has 0 aromatic carbocycles. The highest BCUT2D eigenvalue weighted by Gasteiger charge is 2.56. The Balaban J connectivity index is 2.19. The number of aromatic nitrogens is 2. The monoisotopic (exact) mass is 578 g/mol. The first-order valence-electron chi connectivity index (χ1n) is 11.7. The predicted octanol–water partition coefficient (Wildman–Crippen LogP) is 0.202. The topological polar surface area (TPSA) is 205 Å². The average Bonchev–Trinajstić information content (AvgIpc) is 3.07. The van der Waals surface area contributed by atoms with E-state index in [9.17, 15) is 34.3 Å². The minimum absolute atomic E-state index is 0.684. The van der Waals surface area contributed by atoms with Gasteiger partial charge in [0.15, 0.2) is 24.9 Å². The zero-order chi connectivity index (χ0) is 29.8. The minimum Gasteiger partial charge on any atom is -0.437 e. The summed E-state index contributed by atoms with van der Waals surface area (Å²) in [6.07, 6.45) is 0.0421. The Labute approximate surface area is 224 Å². The zero-order valence-corrected chi connectivity index (χ0v) is 23.4. The van der Waals surface area contributed by atoms with Crippen molar-refractivity contribution >= 4 is 13.8 Å². The number of esters is 1. The Hall–Kier alpha value is -2.38. The summed E-state index contributed by atoms with van der Waals surface area (Å²) in [5.41, 5.74) is -5.79. The quantitative estimate of drug-likeness (QED) is 0.120. The minimum atomic E-state index is -4.63. The van der Waals surface area contributed by atoms with Crippen LogP contribution in [0.3, 0.4) is 0 Å². The zero-order valence-electron chi connectivity index (χ0n) is 22.5. The van der Waals surface area contributed by atoms with Gasteiger partial charge in [0.2, 0.25) is 6.79 Å². The first-order chi connectivity index (χ1) is 17.8. The lowest BCUT2D eigenvalue weighted by Gasteiger charge is -2.27. The van der Waals surface area contributed by atoms with Crippen molar-refractivity contribution in [2.45, 2.75) is 71.9 Å². The van der Waals surface area contributed by atoms with Gasteiger partial charge < -0.3 is 29.5 Å². The first kappa shape index (κ1) is 32.8. The molecule has 16 heteroatoms. The highest BCUT2D eigenvalue weighted by Crippen LogP contribution is 2.51. The van der Waals surface area contributed by atoms with Crippen molar-refractivity contribution in [3.63, 3.8) is 0 Å². The molecule has 2 rings (SSSR count). The molecule has 3 unspecified atom stereocenters. The van der Waals surface area contributed by atoms with E-state index in [1.54, 1.807) is 41.5 Å². The summed E-state index contributed by atoms with van der Waals surface area (Å²) in [5.74, 6) is 1.28. The van der Waals surface area contributed by atoms with Crippen molar-refractivity contribution in [2.24, 2.45) is 10.8 Å². The number of aliphatic hydroxyl groups is 3. The number of nitrogens with zero attached hydrogens (tertiary/aromatic N) is 1. The Bertz CT molecular complexity index is 1210. The van der Waals surface area contributed by atoms with Gasteiger partial charge in [0, 0.05) is 17.7 Å². The molecule has 0 aliphatic carbocycles. The van der Waals surface area contributed by atoms with Gasteiger partial charge in [-0.05, 0) is 20.8 Å². The van der Waals surface area contributed by atoms with Crippen LogP contribution in [0.25, 0.3) is 0 Å². The van der Waals surface area contributed by atoms with Crippen LogP contribution in [0.1, 0.15) is 47.8 Å². The van der Waals surface area contributed by atoms with Crippen molar-refractivity contribution in [1.29, 1.82) is 0 Å². The number of phosphoric ester groups is 1. The SMILES string of the molecule is C#CC1(O)[C@@H](O)[C@@H](COP(=O)(OCOC(=O)C(C)(C)C)OCOC(O)C(C)(C)C)O[C@H]1n1ccc(=O)[nH]c1=O. The molecule has 2 heterocycles. The fourth-order valence-corrected chi connectivity index (χ4v) is 3.92. The Morgan fingerprint density at radius 1 is 1.23 bits per heavy atom. The molecule has 0 spiro atoms. The van der Waals surface area contributed by atoms with Crippen LogP contribution in [0.5, 0.6) is 0 Å². The summed E-state index contributed by atoms with van der Waals surface area (Å²) in [6.45, 7) is 7.36. The maximum Gasteiger partial charge on any atom is 0.479 e. The number of carbonyl (C=O) groups excluding carboxylic acids is 1. The fraction of sp³-hybridized carbons (Fsp3) is 0.696. The summed E-state index contributed by atoms with van der Waals surface area (Å²) in [6, 6.07) is 0.971. The highest BCUT2D eigenvalue weighted by atomic mass is 31.2. The number of hydrogen-bond acceptors (Lipinski definition) is 13. The molecule has 0 bridgehead atoms. The van der Waals surface area contributed by atoms with Gasteiger partial charge in [-0.15, -0.1) is 6.42 Å². The van der Waals surface area contributed by atoms with Crippen molar-refractivity contribution in [1.82, 2.24) is 9.55 Å². The summed E-state index contributed by atoms with van der Waals surface area (Å²) in [7, 11) is -4.63. The maximum atomic E-state index is 13.3. The second-order valence-corrected chi connectivity index (χ2v) is 12.4. The number of phosphoric acid groups is 1. The number of aromatic amines is 1. The van der Waals surface area contributed by atoms with Crippen molar-refractivity contribution in [2.75, 3.05) is 20.2 Å². The van der Waals surface area contributed by atoms with E-state index < -0.39 is 86.4 Å². The lowest BCUT2D eigenvalue weighted by atomic mass is 9.95. The lowest BCUT2D eigenvalue weighted by Crippen LogP contribution is -2.48. The molecule has 0 saturated carbocycles. The van der Waals surface area contributed by atoms with Gasteiger partial charge in [0.05, 0.1) is 12.0 Å². The molecule has 1 aromatic rings. The molecule has 0 radical (unpaired) electrons. The summed E-state index contributed by atoms with van der Waals surface area (Å²) < 4.78 is 45.0. The molecule has 220 valence electrons. The van der Waals surface area contributed by atoms with E-state index in [1.807, 2.05) is 10.9 Å². The smallest absolute Gasteiger partial charge is 0.437 e. The summed E-state index contributed by atoms with van der Waals surface area (Å²) in [4.78, 5) is 37.6. The Morgan fingerprint density at radius 2 is 1.85 bits per heavy atom. The van der Waals surface area contributed by atoms with E-state index in [4.69, 9.17) is 34.2 Å². The summed E-state index contributed by atoms with van der Waals surface area (Å²) in [5, 5.41) is 31.6. The van der Waals surface area contributed by atoms with E-state index in [0.717, 1.165) is 16.8 Å². The van der Waals surface area contributed by atoms with Gasteiger partial charge in [-0.1, -0.05) is 26.7 Å². The largest absolute Gasteiger partial charge is 0.479 e. The van der Waals surface area contributed by atoms with Crippen LogP contribution in [-0.4, -0.2) is 75.1 Å². The molecular formula is C23H35N2O13P. The molecular weight excluding hydrogens is 543 g/mol. The second kappa shape index (κ2) is 12.4. The Kier molecular flexibility index (Phi) is 10.5. The number of carbonyl (C=O) groups is 1. The molecule has 1 saturated heterocycles. The number of aliphatic hydroxyl groups excluding tert-OH is 2. The number of hydrogen-bond donors (Lipinski definition) is 4. The fourth-order valence-electron chi connectivity index (χ4n) is 3.00. The number of ether oxygens (including phenoxy) is 3. The van der Waals surface area contributed by atoms with E-state index >= 15 is 0 Å². The van der Waals surface area contributed by atoms with Crippen LogP contribution in [-0.2, 0) is 37.1 Å². The van der Waals surface area contributed by atoms with Gasteiger partial charge in [0.1, 0.15) is 12.2 Å². The molecule has 6 atom stereocenters. The molecule has 39 heavy (non-hydrogen) atoms. The molecule has 0 amide bonds. The standard InChI is InChI=1S/C23H35N2O13P/c1-8-23(31)16(27)14(38-17(23)25-10-9-15(26)24-20(25)30)11-35-39(32,36-12-33-18(28)21(2,3)4)37-13-34-19(29)22(5,6)7/h1,9-10,14,16-18,27-28,31H,11-13H2,2-7H3,(H,24,26,30)/t14-,16+,17-,18?,23?,39?/m1/s1. The molecule has 1 aliphatic rings. The lowest BCUT2D eigenvalue weighted by molar-refractivity contribution is -0.196. The van der Waals surface area contributed by atoms with Crippen molar-refractivity contribution in [3.8, 4) is 12.3 Å². The number of terminal acetylenes is 1. The van der Waals surface area contributed by atoms with E-state index in [-0.39, 0.29) is 0 Å². The third kappa shape index (κ3) is 8.31. The van der Waals surface area contributed by atoms with Gasteiger partial charge >= 0.3 is 19.5 Å². The van der Waals surface area contributed by atoms with Crippen LogP contribution >= 0.6 is 7.82 Å². The van der Waals surface area contributed by atoms with Crippen molar-refractivity contribution in [3.05, 3.63) is 33.1 Å². The van der Waals surface area contributed by atoms with Crippen LogP contribution in [0, 0.1) is 23.2 Å². The molecule has 15 nitrogen and oxygen atoms in total. The number of rotatable bonds is 11. The molecule has 4 N–H and O–H groups in total. The van der Waals surface area contributed by atoms with Gasteiger partial charge in [-0.3, -0.25) is 28.2 Å². The van der Waals surface area contributed by atoms with Gasteiger partial charge in [-0.2, -0.15) is 0 Å². The highest BCUT2D eigenvalue weighted by molar-refractivity contribution is 7.48. The first-order valence-corrected chi connectivity index (χ1v) is 13.2. The Morgan fingerprint density at radius 3 is 2.38 bits per heavy atom. The van der Waals surface area contributed by atoms with Gasteiger partial charge in [-0.25, -0.2) is 13.9 Å².